The van der Waals surface area contributed by atoms with E-state index >= 15 is 0 Å². The number of benzene rings is 11. The normalized spacial score (nSPS) is 13.9. The zero-order chi connectivity index (χ0) is 46.6. The first kappa shape index (κ1) is 40.3. The van der Waals surface area contributed by atoms with Crippen molar-refractivity contribution in [1.82, 2.24) is 0 Å². The van der Waals surface area contributed by atoms with Gasteiger partial charge in [-0.15, -0.1) is 0 Å². The lowest BCUT2D eigenvalue weighted by Gasteiger charge is -2.52. The lowest BCUT2D eigenvalue weighted by Crippen LogP contribution is -2.88. The molecule has 0 bridgehead atoms. The molecule has 328 valence electrons. The van der Waals surface area contributed by atoms with Crippen molar-refractivity contribution in [2.45, 2.75) is 0 Å². The van der Waals surface area contributed by atoms with Crippen LogP contribution in [0.3, 0.4) is 0 Å². The lowest BCUT2D eigenvalue weighted by molar-refractivity contribution is 1.26. The number of fused-ring (bicyclic) bond motifs is 10. The number of anilines is 6. The van der Waals surface area contributed by atoms with Crippen molar-refractivity contribution in [3.8, 4) is 33.4 Å². The third-order valence-electron chi connectivity index (χ3n) is 16.0. The molecule has 0 aliphatic carbocycles. The van der Waals surface area contributed by atoms with E-state index in [2.05, 4.69) is 277 Å². The van der Waals surface area contributed by atoms with Crippen LogP contribution >= 0.6 is 0 Å². The van der Waals surface area contributed by atoms with Crippen LogP contribution in [-0.2, 0) is 0 Å². The number of hydrogen-bond acceptors (Lipinski definition) is 2. The molecule has 0 amide bonds. The molecule has 0 atom stereocenters. The standard InChI is InChI=1S/C66H44B2N2Si/c1-6-24-45(25-7-1)48-42-51(46-26-8-2-9-27-46)65(52(43-48)47-28-10-3-11-29-47)70-59-40-22-17-35-54(59)67-53-34-16-20-38-57(53)69-58-39-21-18-36-55(58)68-56-37-19-23-41-61(56)71(49-30-12-4-13-31-49,50-32-14-5-15-33-50)62-44-60(70)63(67)66(69)64(62)68/h1-44H. The predicted molar refractivity (Wildman–Crippen MR) is 305 cm³/mol. The van der Waals surface area contributed by atoms with Crippen LogP contribution in [0.4, 0.5) is 34.1 Å². The minimum absolute atomic E-state index is 0.0123. The summed E-state index contributed by atoms with van der Waals surface area (Å²) in [5, 5.41) is 5.70. The van der Waals surface area contributed by atoms with E-state index in [0.29, 0.717) is 0 Å². The largest absolute Gasteiger partial charge is 0.312 e. The van der Waals surface area contributed by atoms with Crippen LogP contribution < -0.4 is 63.3 Å². The van der Waals surface area contributed by atoms with E-state index in [1.165, 1.54) is 121 Å². The van der Waals surface area contributed by atoms with Gasteiger partial charge in [-0.05, 0) is 107 Å². The molecule has 0 saturated carbocycles. The van der Waals surface area contributed by atoms with Gasteiger partial charge in [-0.3, -0.25) is 0 Å². The Kier molecular flexibility index (Phi) is 8.90. The quantitative estimate of drug-likeness (QED) is 0.154. The molecule has 71 heavy (non-hydrogen) atoms. The van der Waals surface area contributed by atoms with Crippen LogP contribution in [0, 0.1) is 0 Å². The molecule has 4 aliphatic heterocycles. The second-order valence-electron chi connectivity index (χ2n) is 19.4. The highest BCUT2D eigenvalue weighted by Crippen LogP contribution is 2.51. The van der Waals surface area contributed by atoms with Crippen molar-refractivity contribution in [2.24, 2.45) is 0 Å². The van der Waals surface area contributed by atoms with E-state index < -0.39 is 8.07 Å². The highest BCUT2D eigenvalue weighted by molar-refractivity contribution is 7.27. The highest BCUT2D eigenvalue weighted by Gasteiger charge is 2.57. The maximum Gasteiger partial charge on any atom is 0.252 e. The summed E-state index contributed by atoms with van der Waals surface area (Å²) in [4.78, 5) is 5.38. The lowest BCUT2D eigenvalue weighted by atomic mass is 9.29. The van der Waals surface area contributed by atoms with E-state index in [1.54, 1.807) is 0 Å². The fourth-order valence-electron chi connectivity index (χ4n) is 13.3. The summed E-state index contributed by atoms with van der Waals surface area (Å²) in [6.45, 7) is 0.0187. The number of rotatable bonds is 6. The monoisotopic (exact) mass is 914 g/mol. The van der Waals surface area contributed by atoms with Gasteiger partial charge in [-0.2, -0.15) is 0 Å². The highest BCUT2D eigenvalue weighted by atomic mass is 28.3. The molecule has 11 aromatic rings. The van der Waals surface area contributed by atoms with Crippen LogP contribution in [0.5, 0.6) is 0 Å². The zero-order valence-corrected chi connectivity index (χ0v) is 40.0. The van der Waals surface area contributed by atoms with Crippen LogP contribution in [0.25, 0.3) is 33.4 Å². The van der Waals surface area contributed by atoms with E-state index in [-0.39, 0.29) is 13.4 Å². The summed E-state index contributed by atoms with van der Waals surface area (Å²) in [6, 6.07) is 101. The Morgan fingerprint density at radius 3 is 1.14 bits per heavy atom. The number of hydrogen-bond donors (Lipinski definition) is 0. The van der Waals surface area contributed by atoms with Gasteiger partial charge in [0.25, 0.3) is 6.71 Å². The molecular formula is C66H44B2N2Si. The molecular weight excluding hydrogens is 870 g/mol. The minimum Gasteiger partial charge on any atom is -0.312 e. The average Bonchev–Trinajstić information content (AvgIpc) is 3.46. The SMILES string of the molecule is c1ccc(-c2cc(-c3ccccc3)c(N3c4ccccc4B4c5ccccc5N5c6ccccc6B6c7ccccc7[Si](c7ccccc7)(c7ccccc7)c7cc3c4c5c76)c(-c3ccccc3)c2)cc1. The summed E-state index contributed by atoms with van der Waals surface area (Å²) in [5.74, 6) is 0. The molecule has 0 spiro atoms. The number of nitrogens with zero attached hydrogens (tertiary/aromatic N) is 2. The maximum atomic E-state index is 2.72. The van der Waals surface area contributed by atoms with Gasteiger partial charge in [-0.25, -0.2) is 0 Å². The fraction of sp³-hybridized carbons (Fsp3) is 0. The van der Waals surface area contributed by atoms with Crippen molar-refractivity contribution in [1.29, 1.82) is 0 Å². The molecule has 0 N–H and O–H groups in total. The molecule has 2 nitrogen and oxygen atoms in total. The van der Waals surface area contributed by atoms with Gasteiger partial charge in [0.1, 0.15) is 0 Å². The average molecular weight is 915 g/mol. The smallest absolute Gasteiger partial charge is 0.252 e. The molecule has 0 saturated heterocycles. The predicted octanol–water partition coefficient (Wildman–Crippen LogP) is 9.29. The van der Waals surface area contributed by atoms with Gasteiger partial charge >= 0.3 is 0 Å². The van der Waals surface area contributed by atoms with Crippen LogP contribution in [0.15, 0.2) is 267 Å². The molecule has 0 fully saturated rings. The molecule has 0 aromatic heterocycles. The summed E-state index contributed by atoms with van der Waals surface area (Å²) in [7, 11) is -3.11. The fourth-order valence-corrected chi connectivity index (χ4v) is 18.5. The van der Waals surface area contributed by atoms with Gasteiger partial charge < -0.3 is 9.80 Å². The molecule has 0 unspecified atom stereocenters. The van der Waals surface area contributed by atoms with Crippen LogP contribution in [-0.4, -0.2) is 21.5 Å². The Morgan fingerprint density at radius 2 is 0.648 bits per heavy atom. The maximum absolute atomic E-state index is 3.11. The minimum atomic E-state index is -3.11. The molecule has 15 rings (SSSR count). The summed E-state index contributed by atoms with van der Waals surface area (Å²) < 4.78 is 0. The Bertz CT molecular complexity index is 3790. The van der Waals surface area contributed by atoms with E-state index in [0.717, 1.165) is 0 Å². The first-order valence-electron chi connectivity index (χ1n) is 24.9. The third-order valence-corrected chi connectivity index (χ3v) is 20.9. The molecule has 5 heteroatoms. The molecule has 11 aromatic carbocycles. The second-order valence-corrected chi connectivity index (χ2v) is 23.2. The summed E-state index contributed by atoms with van der Waals surface area (Å²) >= 11 is 0. The summed E-state index contributed by atoms with van der Waals surface area (Å²) in [5.41, 5.74) is 22.8. The first-order chi connectivity index (χ1) is 35.3. The van der Waals surface area contributed by atoms with Crippen molar-refractivity contribution < 1.29 is 0 Å². The van der Waals surface area contributed by atoms with Gasteiger partial charge in [0, 0.05) is 39.6 Å². The Hall–Kier alpha value is -8.63. The Labute approximate surface area is 417 Å². The van der Waals surface area contributed by atoms with Gasteiger partial charge in [0.05, 0.1) is 5.69 Å². The molecule has 4 heterocycles. The van der Waals surface area contributed by atoms with Crippen LogP contribution in [0.2, 0.25) is 0 Å². The van der Waals surface area contributed by atoms with E-state index in [1.807, 2.05) is 0 Å². The zero-order valence-electron chi connectivity index (χ0n) is 39.0. The van der Waals surface area contributed by atoms with Crippen molar-refractivity contribution in [2.75, 3.05) is 9.80 Å². The van der Waals surface area contributed by atoms with Crippen molar-refractivity contribution in [3.63, 3.8) is 0 Å². The van der Waals surface area contributed by atoms with Crippen molar-refractivity contribution >= 4 is 109 Å². The first-order valence-corrected chi connectivity index (χ1v) is 26.9. The topological polar surface area (TPSA) is 6.48 Å². The molecule has 0 radical (unpaired) electrons. The van der Waals surface area contributed by atoms with E-state index in [9.17, 15) is 0 Å². The van der Waals surface area contributed by atoms with Gasteiger partial charge in [0.2, 0.25) is 6.71 Å². The Morgan fingerprint density at radius 1 is 0.268 bits per heavy atom. The molecule has 4 aliphatic rings. The van der Waals surface area contributed by atoms with Gasteiger partial charge in [-0.1, -0.05) is 236 Å². The van der Waals surface area contributed by atoms with Crippen molar-refractivity contribution in [3.05, 3.63) is 267 Å². The second kappa shape index (κ2) is 15.7. The Balaban J connectivity index is 1.17. The van der Waals surface area contributed by atoms with Crippen LogP contribution in [0.1, 0.15) is 0 Å². The van der Waals surface area contributed by atoms with Gasteiger partial charge in [0.15, 0.2) is 8.07 Å². The summed E-state index contributed by atoms with van der Waals surface area (Å²) in [6.07, 6.45) is 0. The van der Waals surface area contributed by atoms with E-state index in [4.69, 9.17) is 0 Å². The number of para-hydroxylation sites is 3. The third kappa shape index (κ3) is 5.67.